The molecule has 0 saturated heterocycles. The van der Waals surface area contributed by atoms with Crippen molar-refractivity contribution in [2.75, 3.05) is 7.05 Å². The Morgan fingerprint density at radius 1 is 1.11 bits per heavy atom. The van der Waals surface area contributed by atoms with Crippen LogP contribution in [0.15, 0.2) is 36.4 Å². The van der Waals surface area contributed by atoms with Gasteiger partial charge in [0.15, 0.2) is 0 Å². The van der Waals surface area contributed by atoms with Gasteiger partial charge in [0.25, 0.3) is 0 Å². The fourth-order valence-corrected chi connectivity index (χ4v) is 2.94. The first-order valence-electron chi connectivity index (χ1n) is 5.88. The van der Waals surface area contributed by atoms with E-state index in [1.165, 1.54) is 9.75 Å². The number of alkyl halides is 2. The van der Waals surface area contributed by atoms with Crippen molar-refractivity contribution >= 4 is 11.3 Å². The summed E-state index contributed by atoms with van der Waals surface area (Å²) in [6, 6.07) is 10.9. The first kappa shape index (κ1) is 14.0. The van der Waals surface area contributed by atoms with Crippen LogP contribution < -0.4 is 10.1 Å². The lowest BCUT2D eigenvalue weighted by Crippen LogP contribution is -2.16. The molecular formula is C14H15F2NOS. The summed E-state index contributed by atoms with van der Waals surface area (Å²) < 4.78 is 28.5. The maximum absolute atomic E-state index is 12.1. The molecule has 1 unspecified atom stereocenters. The van der Waals surface area contributed by atoms with Gasteiger partial charge in [0.1, 0.15) is 5.75 Å². The molecule has 5 heteroatoms. The zero-order valence-electron chi connectivity index (χ0n) is 10.7. The molecule has 0 bridgehead atoms. The monoisotopic (exact) mass is 283 g/mol. The molecule has 1 aromatic carbocycles. The summed E-state index contributed by atoms with van der Waals surface area (Å²) in [6.07, 6.45) is 0. The van der Waals surface area contributed by atoms with Crippen LogP contribution >= 0.6 is 11.3 Å². The normalized spacial score (nSPS) is 12.7. The van der Waals surface area contributed by atoms with Gasteiger partial charge in [-0.1, -0.05) is 12.1 Å². The van der Waals surface area contributed by atoms with Crippen LogP contribution in [0.4, 0.5) is 8.78 Å². The maximum atomic E-state index is 12.1. The van der Waals surface area contributed by atoms with Gasteiger partial charge in [-0.25, -0.2) is 0 Å². The first-order valence-corrected chi connectivity index (χ1v) is 6.70. The average Bonchev–Trinajstić information content (AvgIpc) is 2.78. The molecule has 0 aliphatic rings. The van der Waals surface area contributed by atoms with Crippen LogP contribution in [0.3, 0.4) is 0 Å². The summed E-state index contributed by atoms with van der Waals surface area (Å²) >= 11 is 1.72. The van der Waals surface area contributed by atoms with Crippen molar-refractivity contribution in [3.63, 3.8) is 0 Å². The molecule has 2 rings (SSSR count). The Hall–Kier alpha value is -1.46. The summed E-state index contributed by atoms with van der Waals surface area (Å²) in [4.78, 5) is 2.44. The molecule has 19 heavy (non-hydrogen) atoms. The van der Waals surface area contributed by atoms with Crippen molar-refractivity contribution < 1.29 is 13.5 Å². The zero-order valence-corrected chi connectivity index (χ0v) is 11.5. The molecule has 0 amide bonds. The highest BCUT2D eigenvalue weighted by molar-refractivity contribution is 7.12. The smallest absolute Gasteiger partial charge is 0.387 e. The summed E-state index contributed by atoms with van der Waals surface area (Å²) in [6.45, 7) is -0.730. The number of aryl methyl sites for hydroxylation is 1. The van der Waals surface area contributed by atoms with Crippen molar-refractivity contribution in [2.24, 2.45) is 0 Å². The topological polar surface area (TPSA) is 21.3 Å². The molecule has 1 atom stereocenters. The lowest BCUT2D eigenvalue weighted by molar-refractivity contribution is -0.0498. The lowest BCUT2D eigenvalue weighted by Gasteiger charge is -2.15. The van der Waals surface area contributed by atoms with E-state index in [4.69, 9.17) is 0 Å². The Kier molecular flexibility index (Phi) is 4.50. The predicted molar refractivity (Wildman–Crippen MR) is 73.0 cm³/mol. The van der Waals surface area contributed by atoms with Crippen LogP contribution in [0.2, 0.25) is 0 Å². The summed E-state index contributed by atoms with van der Waals surface area (Å²) in [5, 5.41) is 3.23. The van der Waals surface area contributed by atoms with Crippen molar-refractivity contribution in [2.45, 2.75) is 19.6 Å². The van der Waals surface area contributed by atoms with Gasteiger partial charge >= 0.3 is 6.61 Å². The molecular weight excluding hydrogens is 268 g/mol. The summed E-state index contributed by atoms with van der Waals surface area (Å²) in [5.74, 6) is 0.177. The van der Waals surface area contributed by atoms with Crippen LogP contribution in [0.1, 0.15) is 21.4 Å². The van der Waals surface area contributed by atoms with Gasteiger partial charge < -0.3 is 10.1 Å². The third kappa shape index (κ3) is 3.52. The summed E-state index contributed by atoms with van der Waals surface area (Å²) in [7, 11) is 1.88. The van der Waals surface area contributed by atoms with Crippen LogP contribution in [0.25, 0.3) is 0 Å². The standard InChI is InChI=1S/C14H15F2NOS/c1-9-3-8-12(19-9)13(17-2)10-4-6-11(7-5-10)18-14(15)16/h3-8,13-14,17H,1-2H3. The third-order valence-electron chi connectivity index (χ3n) is 2.77. The SMILES string of the molecule is CNC(c1ccc(OC(F)F)cc1)c1ccc(C)s1. The van der Waals surface area contributed by atoms with E-state index in [-0.39, 0.29) is 11.8 Å². The van der Waals surface area contributed by atoms with Gasteiger partial charge in [0.2, 0.25) is 0 Å². The van der Waals surface area contributed by atoms with Crippen LogP contribution in [-0.4, -0.2) is 13.7 Å². The van der Waals surface area contributed by atoms with Gasteiger partial charge in [-0.3, -0.25) is 0 Å². The molecule has 1 N–H and O–H groups in total. The first-order chi connectivity index (χ1) is 9.10. The van der Waals surface area contributed by atoms with Crippen molar-refractivity contribution in [3.8, 4) is 5.75 Å². The molecule has 0 aliphatic heterocycles. The van der Waals surface area contributed by atoms with Gasteiger partial charge in [0.05, 0.1) is 6.04 Å². The Morgan fingerprint density at radius 2 is 1.79 bits per heavy atom. The Balaban J connectivity index is 2.19. The van der Waals surface area contributed by atoms with Crippen LogP contribution in [0, 0.1) is 6.92 Å². The van der Waals surface area contributed by atoms with E-state index in [0.29, 0.717) is 0 Å². The van der Waals surface area contributed by atoms with E-state index in [1.54, 1.807) is 35.6 Å². The number of hydrogen-bond acceptors (Lipinski definition) is 3. The highest BCUT2D eigenvalue weighted by Gasteiger charge is 2.14. The molecule has 1 aromatic heterocycles. The second-order valence-corrected chi connectivity index (χ2v) is 5.44. The van der Waals surface area contributed by atoms with E-state index in [9.17, 15) is 8.78 Å². The van der Waals surface area contributed by atoms with Gasteiger partial charge in [-0.15, -0.1) is 11.3 Å². The van der Waals surface area contributed by atoms with Gasteiger partial charge in [-0.2, -0.15) is 8.78 Å². The highest BCUT2D eigenvalue weighted by Crippen LogP contribution is 2.29. The minimum Gasteiger partial charge on any atom is -0.435 e. The Labute approximate surface area is 115 Å². The van der Waals surface area contributed by atoms with E-state index in [0.717, 1.165) is 5.56 Å². The Bertz CT molecular complexity index is 524. The highest BCUT2D eigenvalue weighted by atomic mass is 32.1. The summed E-state index contributed by atoms with van der Waals surface area (Å²) in [5.41, 5.74) is 1.02. The van der Waals surface area contributed by atoms with Gasteiger partial charge in [-0.05, 0) is 43.8 Å². The number of ether oxygens (including phenoxy) is 1. The van der Waals surface area contributed by atoms with E-state index in [2.05, 4.69) is 29.1 Å². The molecule has 2 nitrogen and oxygen atoms in total. The fourth-order valence-electron chi connectivity index (χ4n) is 1.92. The van der Waals surface area contributed by atoms with Crippen LogP contribution in [-0.2, 0) is 0 Å². The predicted octanol–water partition coefficient (Wildman–Crippen LogP) is 3.97. The van der Waals surface area contributed by atoms with Gasteiger partial charge in [0, 0.05) is 9.75 Å². The molecule has 1 heterocycles. The minimum absolute atomic E-state index is 0.0688. The quantitative estimate of drug-likeness (QED) is 0.896. The molecule has 0 spiro atoms. The van der Waals surface area contributed by atoms with E-state index >= 15 is 0 Å². The van der Waals surface area contributed by atoms with Crippen molar-refractivity contribution in [3.05, 3.63) is 51.7 Å². The molecule has 0 fully saturated rings. The van der Waals surface area contributed by atoms with Crippen LogP contribution in [0.5, 0.6) is 5.75 Å². The maximum Gasteiger partial charge on any atom is 0.387 e. The zero-order chi connectivity index (χ0) is 13.8. The number of nitrogens with one attached hydrogen (secondary N) is 1. The number of hydrogen-bond donors (Lipinski definition) is 1. The third-order valence-corrected chi connectivity index (χ3v) is 3.84. The molecule has 0 saturated carbocycles. The minimum atomic E-state index is -2.79. The van der Waals surface area contributed by atoms with E-state index in [1.807, 2.05) is 7.05 Å². The Morgan fingerprint density at radius 3 is 2.26 bits per heavy atom. The lowest BCUT2D eigenvalue weighted by atomic mass is 10.1. The second kappa shape index (κ2) is 6.12. The van der Waals surface area contributed by atoms with E-state index < -0.39 is 6.61 Å². The fraction of sp³-hybridized carbons (Fsp3) is 0.286. The molecule has 102 valence electrons. The molecule has 2 aromatic rings. The number of thiophene rings is 1. The average molecular weight is 283 g/mol. The number of rotatable bonds is 5. The number of halogens is 2. The number of benzene rings is 1. The largest absolute Gasteiger partial charge is 0.435 e. The molecule has 0 aliphatic carbocycles. The van der Waals surface area contributed by atoms with Crippen molar-refractivity contribution in [1.29, 1.82) is 0 Å². The molecule has 0 radical (unpaired) electrons. The van der Waals surface area contributed by atoms with Crippen molar-refractivity contribution in [1.82, 2.24) is 5.32 Å². The second-order valence-electron chi connectivity index (χ2n) is 4.12.